The second-order valence-electron chi connectivity index (χ2n) is 3.59. The van der Waals surface area contributed by atoms with Gasteiger partial charge in [-0.25, -0.2) is 9.97 Å². The third kappa shape index (κ3) is 3.19. The Morgan fingerprint density at radius 2 is 2.12 bits per heavy atom. The van der Waals surface area contributed by atoms with Gasteiger partial charge in [0.1, 0.15) is 10.1 Å². The normalized spacial score (nSPS) is 10.5. The van der Waals surface area contributed by atoms with Crippen LogP contribution >= 0.6 is 23.4 Å². The van der Waals surface area contributed by atoms with Gasteiger partial charge in [0.25, 0.3) is 0 Å². The SMILES string of the molecule is Cc1cc(CN)cnc1Sc1ccc(Cl)cn1. The molecule has 17 heavy (non-hydrogen) atoms. The van der Waals surface area contributed by atoms with Crippen molar-refractivity contribution in [3.8, 4) is 0 Å². The first-order valence-electron chi connectivity index (χ1n) is 5.14. The molecule has 2 rings (SSSR count). The summed E-state index contributed by atoms with van der Waals surface area (Å²) in [6.45, 7) is 2.53. The summed E-state index contributed by atoms with van der Waals surface area (Å²) in [6.07, 6.45) is 3.43. The number of hydrogen-bond acceptors (Lipinski definition) is 4. The van der Waals surface area contributed by atoms with Crippen LogP contribution in [0.1, 0.15) is 11.1 Å². The van der Waals surface area contributed by atoms with Gasteiger partial charge in [-0.15, -0.1) is 0 Å². The largest absolute Gasteiger partial charge is 0.326 e. The van der Waals surface area contributed by atoms with Gasteiger partial charge >= 0.3 is 0 Å². The van der Waals surface area contributed by atoms with Gasteiger partial charge in [-0.2, -0.15) is 0 Å². The molecule has 0 aromatic carbocycles. The minimum absolute atomic E-state index is 0.512. The summed E-state index contributed by atoms with van der Waals surface area (Å²) >= 11 is 7.30. The number of rotatable bonds is 3. The summed E-state index contributed by atoms with van der Waals surface area (Å²) in [4.78, 5) is 8.60. The lowest BCUT2D eigenvalue weighted by Gasteiger charge is -2.05. The van der Waals surface area contributed by atoms with Crippen LogP contribution in [0.2, 0.25) is 5.02 Å². The Bertz CT molecular complexity index is 514. The molecule has 88 valence electrons. The van der Waals surface area contributed by atoms with E-state index in [-0.39, 0.29) is 0 Å². The molecule has 0 aliphatic rings. The number of nitrogens with zero attached hydrogens (tertiary/aromatic N) is 2. The molecule has 0 radical (unpaired) electrons. The van der Waals surface area contributed by atoms with E-state index in [1.54, 1.807) is 12.4 Å². The quantitative estimate of drug-likeness (QED) is 0.927. The van der Waals surface area contributed by atoms with Crippen LogP contribution in [0.5, 0.6) is 0 Å². The smallest absolute Gasteiger partial charge is 0.105 e. The summed E-state index contributed by atoms with van der Waals surface area (Å²) in [5.41, 5.74) is 7.71. The van der Waals surface area contributed by atoms with E-state index >= 15 is 0 Å². The van der Waals surface area contributed by atoms with Gasteiger partial charge in [0.15, 0.2) is 0 Å². The molecule has 5 heteroatoms. The van der Waals surface area contributed by atoms with Gasteiger partial charge in [-0.05, 0) is 41.9 Å². The highest BCUT2D eigenvalue weighted by molar-refractivity contribution is 7.99. The van der Waals surface area contributed by atoms with Crippen LogP contribution in [0, 0.1) is 6.92 Å². The first kappa shape index (κ1) is 12.4. The zero-order chi connectivity index (χ0) is 12.3. The van der Waals surface area contributed by atoms with Crippen molar-refractivity contribution in [3.05, 3.63) is 46.7 Å². The van der Waals surface area contributed by atoms with Crippen LogP contribution < -0.4 is 5.73 Å². The fraction of sp³-hybridized carbons (Fsp3) is 0.167. The van der Waals surface area contributed by atoms with Crippen molar-refractivity contribution in [2.24, 2.45) is 5.73 Å². The van der Waals surface area contributed by atoms with Crippen molar-refractivity contribution < 1.29 is 0 Å². The highest BCUT2D eigenvalue weighted by Gasteiger charge is 2.04. The molecule has 0 saturated carbocycles. The second-order valence-corrected chi connectivity index (χ2v) is 5.03. The van der Waals surface area contributed by atoms with Crippen LogP contribution in [0.15, 0.2) is 40.6 Å². The number of aryl methyl sites for hydroxylation is 1. The Morgan fingerprint density at radius 3 is 2.71 bits per heavy atom. The lowest BCUT2D eigenvalue weighted by molar-refractivity contribution is 0.985. The molecule has 0 spiro atoms. The van der Waals surface area contributed by atoms with Crippen molar-refractivity contribution >= 4 is 23.4 Å². The van der Waals surface area contributed by atoms with Crippen molar-refractivity contribution in [2.75, 3.05) is 0 Å². The molecule has 0 aliphatic carbocycles. The minimum atomic E-state index is 0.512. The molecule has 3 nitrogen and oxygen atoms in total. The van der Waals surface area contributed by atoms with Crippen molar-refractivity contribution in [1.29, 1.82) is 0 Å². The number of hydrogen-bond donors (Lipinski definition) is 1. The van der Waals surface area contributed by atoms with Gasteiger partial charge < -0.3 is 5.73 Å². The van der Waals surface area contributed by atoms with E-state index in [9.17, 15) is 0 Å². The Morgan fingerprint density at radius 1 is 1.29 bits per heavy atom. The summed E-state index contributed by atoms with van der Waals surface area (Å²) in [6, 6.07) is 5.75. The fourth-order valence-electron chi connectivity index (χ4n) is 1.36. The van der Waals surface area contributed by atoms with E-state index in [2.05, 4.69) is 9.97 Å². The van der Waals surface area contributed by atoms with E-state index in [0.717, 1.165) is 21.2 Å². The molecule has 2 N–H and O–H groups in total. The summed E-state index contributed by atoms with van der Waals surface area (Å²) in [5, 5.41) is 2.46. The maximum absolute atomic E-state index is 5.78. The Labute approximate surface area is 109 Å². The molecule has 2 aromatic rings. The molecule has 0 fully saturated rings. The molecule has 2 heterocycles. The maximum atomic E-state index is 5.78. The number of aromatic nitrogens is 2. The Kier molecular flexibility index (Phi) is 3.99. The average molecular weight is 266 g/mol. The zero-order valence-electron chi connectivity index (χ0n) is 9.35. The van der Waals surface area contributed by atoms with Crippen LogP contribution in [-0.4, -0.2) is 9.97 Å². The van der Waals surface area contributed by atoms with E-state index in [1.807, 2.05) is 25.1 Å². The molecule has 0 saturated heterocycles. The van der Waals surface area contributed by atoms with Crippen molar-refractivity contribution in [1.82, 2.24) is 9.97 Å². The first-order valence-corrected chi connectivity index (χ1v) is 6.33. The van der Waals surface area contributed by atoms with Gasteiger partial charge in [0.05, 0.1) is 5.02 Å². The van der Waals surface area contributed by atoms with Crippen LogP contribution in [0.25, 0.3) is 0 Å². The summed E-state index contributed by atoms with van der Waals surface area (Å²) in [7, 11) is 0. The summed E-state index contributed by atoms with van der Waals surface area (Å²) < 4.78 is 0. The molecule has 0 amide bonds. The van der Waals surface area contributed by atoms with Crippen LogP contribution in [0.4, 0.5) is 0 Å². The lowest BCUT2D eigenvalue weighted by Crippen LogP contribution is -1.98. The molecule has 0 bridgehead atoms. The molecule has 0 atom stereocenters. The average Bonchev–Trinajstić information content (AvgIpc) is 2.34. The monoisotopic (exact) mass is 265 g/mol. The summed E-state index contributed by atoms with van der Waals surface area (Å²) in [5.74, 6) is 0. The molecule has 2 aromatic heterocycles. The van der Waals surface area contributed by atoms with Crippen LogP contribution in [0.3, 0.4) is 0 Å². The zero-order valence-corrected chi connectivity index (χ0v) is 10.9. The van der Waals surface area contributed by atoms with Gasteiger partial charge in [-0.3, -0.25) is 0 Å². The van der Waals surface area contributed by atoms with Crippen molar-refractivity contribution in [3.63, 3.8) is 0 Å². The van der Waals surface area contributed by atoms with Gasteiger partial charge in [0, 0.05) is 18.9 Å². The first-order chi connectivity index (χ1) is 8.19. The maximum Gasteiger partial charge on any atom is 0.105 e. The minimum Gasteiger partial charge on any atom is -0.326 e. The van der Waals surface area contributed by atoms with E-state index in [4.69, 9.17) is 17.3 Å². The number of halogens is 1. The predicted molar refractivity (Wildman–Crippen MR) is 70.2 cm³/mol. The van der Waals surface area contributed by atoms with E-state index in [1.165, 1.54) is 11.8 Å². The highest BCUT2D eigenvalue weighted by Crippen LogP contribution is 2.27. The molecule has 0 aliphatic heterocycles. The fourth-order valence-corrected chi connectivity index (χ4v) is 2.24. The third-order valence-corrected chi connectivity index (χ3v) is 3.52. The van der Waals surface area contributed by atoms with Gasteiger partial charge in [0.2, 0.25) is 0 Å². The highest BCUT2D eigenvalue weighted by atomic mass is 35.5. The topological polar surface area (TPSA) is 51.8 Å². The van der Waals surface area contributed by atoms with Crippen molar-refractivity contribution in [2.45, 2.75) is 23.5 Å². The van der Waals surface area contributed by atoms with E-state index < -0.39 is 0 Å². The van der Waals surface area contributed by atoms with Crippen LogP contribution in [-0.2, 0) is 6.54 Å². The molecule has 0 unspecified atom stereocenters. The van der Waals surface area contributed by atoms with E-state index in [0.29, 0.717) is 11.6 Å². The Balaban J connectivity index is 2.21. The standard InChI is InChI=1S/C12H12ClN3S/c1-8-4-9(5-14)6-16-12(8)17-11-3-2-10(13)7-15-11/h2-4,6-7H,5,14H2,1H3. The number of nitrogens with two attached hydrogens (primary N) is 1. The number of pyridine rings is 2. The lowest BCUT2D eigenvalue weighted by atomic mass is 10.2. The predicted octanol–water partition coefficient (Wildman–Crippen LogP) is 3.05. The Hall–Kier alpha value is -1.10. The molecular formula is C12H12ClN3S. The molecular weight excluding hydrogens is 254 g/mol. The third-order valence-electron chi connectivity index (χ3n) is 2.22. The second kappa shape index (κ2) is 5.49. The van der Waals surface area contributed by atoms with Gasteiger partial charge in [-0.1, -0.05) is 17.7 Å².